The summed E-state index contributed by atoms with van der Waals surface area (Å²) >= 11 is 0. The minimum atomic E-state index is -0.816. The Morgan fingerprint density at radius 1 is 0.889 bits per heavy atom. The quantitative estimate of drug-likeness (QED) is 0.574. The molecular formula is C27H26FN5O3. The van der Waals surface area contributed by atoms with Crippen LogP contribution in [0.25, 0.3) is 0 Å². The number of benzene rings is 3. The third-order valence-corrected chi connectivity index (χ3v) is 6.08. The first-order chi connectivity index (χ1) is 17.5. The SMILES string of the molecule is O=C1CC(C(=O)Nc2ccc(Oc3ccccc3)cc2)N=C(N2CCN(c3ccc(F)cc3)CC2)N1. The smallest absolute Gasteiger partial charge is 0.249 e. The standard InChI is InChI=1S/C27H26FN5O3/c28-19-6-10-21(11-7-19)32-14-16-33(17-15-32)27-30-24(18-25(34)31-27)26(35)29-20-8-12-23(13-9-20)36-22-4-2-1-3-5-22/h1-13,24H,14-18H2,(H,29,35)(H,30,31,34). The van der Waals surface area contributed by atoms with E-state index < -0.39 is 6.04 Å². The van der Waals surface area contributed by atoms with Crippen molar-refractivity contribution in [3.05, 3.63) is 84.7 Å². The van der Waals surface area contributed by atoms with E-state index in [1.165, 1.54) is 12.1 Å². The molecule has 3 aromatic rings. The summed E-state index contributed by atoms with van der Waals surface area (Å²) in [6.07, 6.45) is -0.0138. The largest absolute Gasteiger partial charge is 0.457 e. The fourth-order valence-electron chi connectivity index (χ4n) is 4.17. The summed E-state index contributed by atoms with van der Waals surface area (Å²) in [6, 6.07) is 22.0. The summed E-state index contributed by atoms with van der Waals surface area (Å²) in [4.78, 5) is 33.9. The average Bonchev–Trinajstić information content (AvgIpc) is 2.90. The summed E-state index contributed by atoms with van der Waals surface area (Å²) < 4.78 is 19.0. The van der Waals surface area contributed by atoms with Gasteiger partial charge in [0.05, 0.1) is 6.42 Å². The Kier molecular flexibility index (Phi) is 6.79. The Hall–Kier alpha value is -4.40. The number of piperazine rings is 1. The summed E-state index contributed by atoms with van der Waals surface area (Å²) in [5.41, 5.74) is 1.54. The van der Waals surface area contributed by atoms with Crippen LogP contribution in [0, 0.1) is 5.82 Å². The van der Waals surface area contributed by atoms with E-state index in [2.05, 4.69) is 20.5 Å². The number of amides is 2. The highest BCUT2D eigenvalue weighted by molar-refractivity contribution is 6.06. The van der Waals surface area contributed by atoms with Crippen molar-refractivity contribution >= 4 is 29.1 Å². The molecule has 0 spiro atoms. The van der Waals surface area contributed by atoms with E-state index in [4.69, 9.17) is 4.74 Å². The number of ether oxygens (including phenoxy) is 1. The van der Waals surface area contributed by atoms with Crippen molar-refractivity contribution in [2.24, 2.45) is 4.99 Å². The molecule has 3 aromatic carbocycles. The van der Waals surface area contributed by atoms with Gasteiger partial charge < -0.3 is 19.9 Å². The molecule has 0 aliphatic carbocycles. The lowest BCUT2D eigenvalue weighted by Gasteiger charge is -2.38. The van der Waals surface area contributed by atoms with Crippen LogP contribution in [0.3, 0.4) is 0 Å². The first-order valence-electron chi connectivity index (χ1n) is 11.8. The van der Waals surface area contributed by atoms with Crippen LogP contribution in [0.1, 0.15) is 6.42 Å². The van der Waals surface area contributed by atoms with Crippen LogP contribution in [0.2, 0.25) is 0 Å². The number of hydrogen-bond acceptors (Lipinski definition) is 6. The number of carbonyl (C=O) groups is 2. The predicted molar refractivity (Wildman–Crippen MR) is 136 cm³/mol. The molecular weight excluding hydrogens is 461 g/mol. The highest BCUT2D eigenvalue weighted by Gasteiger charge is 2.30. The molecule has 8 nitrogen and oxygen atoms in total. The maximum Gasteiger partial charge on any atom is 0.249 e. The molecule has 1 fully saturated rings. The number of guanidine groups is 1. The fraction of sp³-hybridized carbons (Fsp3) is 0.222. The minimum Gasteiger partial charge on any atom is -0.457 e. The van der Waals surface area contributed by atoms with Gasteiger partial charge in [-0.15, -0.1) is 0 Å². The Balaban J connectivity index is 1.19. The molecule has 1 unspecified atom stereocenters. The van der Waals surface area contributed by atoms with Crippen molar-refractivity contribution in [3.8, 4) is 11.5 Å². The van der Waals surface area contributed by atoms with Gasteiger partial charge in [0.15, 0.2) is 0 Å². The van der Waals surface area contributed by atoms with Crippen molar-refractivity contribution in [2.75, 3.05) is 36.4 Å². The second-order valence-corrected chi connectivity index (χ2v) is 8.60. The molecule has 1 saturated heterocycles. The van der Waals surface area contributed by atoms with E-state index in [-0.39, 0.29) is 24.1 Å². The number of anilines is 2. The van der Waals surface area contributed by atoms with Crippen LogP contribution in [0.5, 0.6) is 11.5 Å². The van der Waals surface area contributed by atoms with Crippen LogP contribution in [-0.2, 0) is 9.59 Å². The molecule has 2 amide bonds. The summed E-state index contributed by atoms with van der Waals surface area (Å²) in [6.45, 7) is 2.62. The molecule has 184 valence electrons. The van der Waals surface area contributed by atoms with E-state index in [9.17, 15) is 14.0 Å². The van der Waals surface area contributed by atoms with Crippen molar-refractivity contribution < 1.29 is 18.7 Å². The monoisotopic (exact) mass is 487 g/mol. The van der Waals surface area contributed by atoms with Gasteiger partial charge in [-0.05, 0) is 60.7 Å². The van der Waals surface area contributed by atoms with E-state index in [0.717, 1.165) is 11.4 Å². The van der Waals surface area contributed by atoms with Gasteiger partial charge in [0.2, 0.25) is 17.8 Å². The van der Waals surface area contributed by atoms with Crippen LogP contribution >= 0.6 is 0 Å². The first-order valence-corrected chi connectivity index (χ1v) is 11.8. The number of carbonyl (C=O) groups excluding carboxylic acids is 2. The average molecular weight is 488 g/mol. The highest BCUT2D eigenvalue weighted by atomic mass is 19.1. The van der Waals surface area contributed by atoms with Gasteiger partial charge >= 0.3 is 0 Å². The van der Waals surface area contributed by atoms with Crippen LogP contribution in [-0.4, -0.2) is 54.9 Å². The zero-order valence-corrected chi connectivity index (χ0v) is 19.6. The molecule has 36 heavy (non-hydrogen) atoms. The minimum absolute atomic E-state index is 0.0138. The summed E-state index contributed by atoms with van der Waals surface area (Å²) in [5, 5.41) is 5.64. The lowest BCUT2D eigenvalue weighted by atomic mass is 10.1. The summed E-state index contributed by atoms with van der Waals surface area (Å²) in [7, 11) is 0. The zero-order chi connectivity index (χ0) is 24.9. The van der Waals surface area contributed by atoms with Crippen molar-refractivity contribution in [2.45, 2.75) is 12.5 Å². The Morgan fingerprint density at radius 3 is 2.22 bits per heavy atom. The van der Waals surface area contributed by atoms with E-state index in [0.29, 0.717) is 43.6 Å². The summed E-state index contributed by atoms with van der Waals surface area (Å²) in [5.74, 6) is 0.935. The van der Waals surface area contributed by atoms with Gasteiger partial charge in [-0.3, -0.25) is 14.9 Å². The fourth-order valence-corrected chi connectivity index (χ4v) is 4.17. The third-order valence-electron chi connectivity index (χ3n) is 6.08. The number of nitrogens with one attached hydrogen (secondary N) is 2. The number of halogens is 1. The Labute approximate surface area is 208 Å². The Bertz CT molecular complexity index is 1240. The van der Waals surface area contributed by atoms with Crippen LogP contribution in [0.4, 0.5) is 15.8 Å². The molecule has 9 heteroatoms. The molecule has 5 rings (SSSR count). The number of para-hydroxylation sites is 1. The van der Waals surface area contributed by atoms with E-state index in [1.807, 2.05) is 35.2 Å². The topological polar surface area (TPSA) is 86.3 Å². The van der Waals surface area contributed by atoms with Gasteiger partial charge in [-0.2, -0.15) is 0 Å². The molecule has 1 atom stereocenters. The van der Waals surface area contributed by atoms with Gasteiger partial charge in [0.25, 0.3) is 0 Å². The van der Waals surface area contributed by atoms with Crippen molar-refractivity contribution in [1.29, 1.82) is 0 Å². The van der Waals surface area contributed by atoms with Gasteiger partial charge in [0.1, 0.15) is 23.4 Å². The van der Waals surface area contributed by atoms with E-state index >= 15 is 0 Å². The first kappa shape index (κ1) is 23.3. The number of nitrogens with zero attached hydrogens (tertiary/aromatic N) is 3. The van der Waals surface area contributed by atoms with Crippen LogP contribution < -0.4 is 20.3 Å². The van der Waals surface area contributed by atoms with Gasteiger partial charge in [-0.25, -0.2) is 9.38 Å². The molecule has 0 bridgehead atoms. The zero-order valence-electron chi connectivity index (χ0n) is 19.6. The molecule has 2 N–H and O–H groups in total. The molecule has 2 heterocycles. The van der Waals surface area contributed by atoms with E-state index in [1.54, 1.807) is 36.4 Å². The molecule has 0 aromatic heterocycles. The number of aliphatic imine (C=N–C) groups is 1. The lowest BCUT2D eigenvalue weighted by molar-refractivity contribution is -0.125. The Morgan fingerprint density at radius 2 is 1.53 bits per heavy atom. The van der Waals surface area contributed by atoms with Crippen molar-refractivity contribution in [3.63, 3.8) is 0 Å². The van der Waals surface area contributed by atoms with Gasteiger partial charge in [0, 0.05) is 37.6 Å². The molecule has 0 saturated carbocycles. The second-order valence-electron chi connectivity index (χ2n) is 8.60. The number of rotatable bonds is 5. The highest BCUT2D eigenvalue weighted by Crippen LogP contribution is 2.23. The van der Waals surface area contributed by atoms with Crippen molar-refractivity contribution in [1.82, 2.24) is 10.2 Å². The van der Waals surface area contributed by atoms with Gasteiger partial charge in [-0.1, -0.05) is 18.2 Å². The molecule has 2 aliphatic heterocycles. The molecule has 0 radical (unpaired) electrons. The maximum atomic E-state index is 13.2. The lowest BCUT2D eigenvalue weighted by Crippen LogP contribution is -2.56. The number of hydrogen-bond donors (Lipinski definition) is 2. The predicted octanol–water partition coefficient (Wildman–Crippen LogP) is 3.62. The molecule has 2 aliphatic rings. The normalized spacial score (nSPS) is 17.8. The van der Waals surface area contributed by atoms with Crippen LogP contribution in [0.15, 0.2) is 83.9 Å². The second kappa shape index (κ2) is 10.5. The maximum absolute atomic E-state index is 13.2. The third kappa shape index (κ3) is 5.63.